The van der Waals surface area contributed by atoms with Gasteiger partial charge in [-0.25, -0.2) is 4.98 Å². The highest BCUT2D eigenvalue weighted by Gasteiger charge is 2.34. The zero-order valence-corrected chi connectivity index (χ0v) is 9.99. The minimum absolute atomic E-state index is 0.101. The Kier molecular flexibility index (Phi) is 3.55. The molecular weight excluding hydrogens is 257 g/mol. The highest BCUT2D eigenvalue weighted by molar-refractivity contribution is 5.56. The molecule has 0 bridgehead atoms. The normalized spacial score (nSPS) is 11.2. The van der Waals surface area contributed by atoms with E-state index in [4.69, 9.17) is 0 Å². The van der Waals surface area contributed by atoms with Gasteiger partial charge in [-0.3, -0.25) is 0 Å². The summed E-state index contributed by atoms with van der Waals surface area (Å²) in [5.74, 6) is -0.163. The maximum Gasteiger partial charge on any atom is 0.421 e. The molecule has 1 aromatic heterocycles. The monoisotopic (exact) mass is 268 g/mol. The lowest BCUT2D eigenvalue weighted by atomic mass is 10.3. The molecule has 0 saturated heterocycles. The molecule has 2 rings (SSSR count). The Bertz CT molecular complexity index is 555. The number of benzene rings is 1. The minimum atomic E-state index is -4.48. The molecule has 0 aliphatic heterocycles. The van der Waals surface area contributed by atoms with Crippen LogP contribution < -0.4 is 10.6 Å². The van der Waals surface area contributed by atoms with Crippen molar-refractivity contribution in [2.24, 2.45) is 0 Å². The molecule has 0 atom stereocenters. The molecule has 0 unspecified atom stereocenters. The van der Waals surface area contributed by atoms with E-state index in [1.165, 1.54) is 7.05 Å². The van der Waals surface area contributed by atoms with Gasteiger partial charge in [-0.1, -0.05) is 18.2 Å². The van der Waals surface area contributed by atoms with Crippen LogP contribution >= 0.6 is 0 Å². The smallest absolute Gasteiger partial charge is 0.372 e. The standard InChI is InChI=1S/C12H11F3N4/c1-16-10-9(12(13,14)15)7-17-11(19-10)18-8-5-3-2-4-6-8/h2-7H,1H3,(H2,16,17,18,19). The van der Waals surface area contributed by atoms with Crippen LogP contribution in [-0.4, -0.2) is 17.0 Å². The quantitative estimate of drug-likeness (QED) is 0.897. The number of alkyl halides is 3. The van der Waals surface area contributed by atoms with Gasteiger partial charge in [-0.2, -0.15) is 18.2 Å². The third-order valence-electron chi connectivity index (χ3n) is 2.36. The summed E-state index contributed by atoms with van der Waals surface area (Å²) in [7, 11) is 1.38. The van der Waals surface area contributed by atoms with Gasteiger partial charge in [0.15, 0.2) is 0 Å². The summed E-state index contributed by atoms with van der Waals surface area (Å²) >= 11 is 0. The third-order valence-corrected chi connectivity index (χ3v) is 2.36. The molecule has 0 amide bonds. The molecule has 0 fully saturated rings. The molecule has 19 heavy (non-hydrogen) atoms. The summed E-state index contributed by atoms with van der Waals surface area (Å²) in [6, 6.07) is 8.95. The van der Waals surface area contributed by atoms with E-state index in [0.29, 0.717) is 5.69 Å². The van der Waals surface area contributed by atoms with Crippen LogP contribution in [0.25, 0.3) is 0 Å². The first-order valence-corrected chi connectivity index (χ1v) is 5.45. The van der Waals surface area contributed by atoms with Gasteiger partial charge < -0.3 is 10.6 Å². The van der Waals surface area contributed by atoms with E-state index in [2.05, 4.69) is 20.6 Å². The highest BCUT2D eigenvalue weighted by Crippen LogP contribution is 2.33. The van der Waals surface area contributed by atoms with Crippen molar-refractivity contribution in [3.8, 4) is 0 Å². The van der Waals surface area contributed by atoms with Crippen LogP contribution in [0.5, 0.6) is 0 Å². The topological polar surface area (TPSA) is 49.8 Å². The van der Waals surface area contributed by atoms with Crippen LogP contribution in [0.4, 0.5) is 30.6 Å². The molecule has 0 aliphatic carbocycles. The van der Waals surface area contributed by atoms with E-state index in [1.54, 1.807) is 24.3 Å². The van der Waals surface area contributed by atoms with Gasteiger partial charge in [0, 0.05) is 18.9 Å². The van der Waals surface area contributed by atoms with Gasteiger partial charge >= 0.3 is 6.18 Å². The second-order valence-corrected chi connectivity index (χ2v) is 3.69. The van der Waals surface area contributed by atoms with Gasteiger partial charge in [-0.15, -0.1) is 0 Å². The van der Waals surface area contributed by atoms with E-state index in [0.717, 1.165) is 6.20 Å². The minimum Gasteiger partial charge on any atom is -0.372 e. The van der Waals surface area contributed by atoms with Crippen molar-refractivity contribution in [2.75, 3.05) is 17.7 Å². The van der Waals surface area contributed by atoms with Crippen LogP contribution in [-0.2, 0) is 6.18 Å². The van der Waals surface area contributed by atoms with Crippen LogP contribution in [0, 0.1) is 0 Å². The molecular formula is C12H11F3N4. The average molecular weight is 268 g/mol. The average Bonchev–Trinajstić information content (AvgIpc) is 2.38. The number of halogens is 3. The lowest BCUT2D eigenvalue weighted by Crippen LogP contribution is -2.12. The molecule has 4 nitrogen and oxygen atoms in total. The van der Waals surface area contributed by atoms with Crippen LogP contribution in [0.3, 0.4) is 0 Å². The van der Waals surface area contributed by atoms with Crippen LogP contribution in [0.15, 0.2) is 36.5 Å². The van der Waals surface area contributed by atoms with E-state index < -0.39 is 11.7 Å². The van der Waals surface area contributed by atoms with Crippen LogP contribution in [0.2, 0.25) is 0 Å². The van der Waals surface area contributed by atoms with Crippen molar-refractivity contribution in [1.29, 1.82) is 0 Å². The fourth-order valence-corrected chi connectivity index (χ4v) is 1.49. The van der Waals surface area contributed by atoms with E-state index in [9.17, 15) is 13.2 Å². The van der Waals surface area contributed by atoms with Gasteiger partial charge in [0.2, 0.25) is 5.95 Å². The summed E-state index contributed by atoms with van der Waals surface area (Å²) in [5, 5.41) is 5.24. The van der Waals surface area contributed by atoms with Crippen molar-refractivity contribution < 1.29 is 13.2 Å². The maximum absolute atomic E-state index is 12.7. The Hall–Kier alpha value is -2.31. The number of hydrogen-bond acceptors (Lipinski definition) is 4. The molecule has 0 aliphatic rings. The molecule has 100 valence electrons. The SMILES string of the molecule is CNc1nc(Nc2ccccc2)ncc1C(F)(F)F. The highest BCUT2D eigenvalue weighted by atomic mass is 19.4. The van der Waals surface area contributed by atoms with Gasteiger partial charge in [-0.05, 0) is 12.1 Å². The first-order valence-electron chi connectivity index (χ1n) is 5.45. The number of hydrogen-bond donors (Lipinski definition) is 2. The lowest BCUT2D eigenvalue weighted by Gasteiger charge is -2.12. The number of nitrogens with one attached hydrogen (secondary N) is 2. The predicted molar refractivity (Wildman–Crippen MR) is 66.3 cm³/mol. The first-order chi connectivity index (χ1) is 9.00. The molecule has 0 saturated carbocycles. The Labute approximate surface area is 107 Å². The first kappa shape index (κ1) is 13.1. The summed E-state index contributed by atoms with van der Waals surface area (Å²) in [6.45, 7) is 0. The lowest BCUT2D eigenvalue weighted by molar-refractivity contribution is -0.137. The number of para-hydroxylation sites is 1. The molecule has 1 aromatic carbocycles. The van der Waals surface area contributed by atoms with Crippen molar-refractivity contribution in [3.63, 3.8) is 0 Å². The zero-order valence-electron chi connectivity index (χ0n) is 9.99. The summed E-state index contributed by atoms with van der Waals surface area (Å²) in [5.41, 5.74) is -0.196. The number of nitrogens with zero attached hydrogens (tertiary/aromatic N) is 2. The Morgan fingerprint density at radius 3 is 2.37 bits per heavy atom. The number of rotatable bonds is 3. The second-order valence-electron chi connectivity index (χ2n) is 3.69. The van der Waals surface area contributed by atoms with Crippen LogP contribution in [0.1, 0.15) is 5.56 Å². The van der Waals surface area contributed by atoms with Crippen molar-refractivity contribution in [3.05, 3.63) is 42.1 Å². The van der Waals surface area contributed by atoms with Crippen molar-refractivity contribution in [2.45, 2.75) is 6.18 Å². The summed E-state index contributed by atoms with van der Waals surface area (Å²) in [4.78, 5) is 7.47. The number of aromatic nitrogens is 2. The van der Waals surface area contributed by atoms with Crippen molar-refractivity contribution >= 4 is 17.5 Å². The van der Waals surface area contributed by atoms with Gasteiger partial charge in [0.05, 0.1) is 0 Å². The fraction of sp³-hybridized carbons (Fsp3) is 0.167. The predicted octanol–water partition coefficient (Wildman–Crippen LogP) is 3.28. The third kappa shape index (κ3) is 3.12. The molecule has 2 N–H and O–H groups in total. The second kappa shape index (κ2) is 5.13. The summed E-state index contributed by atoms with van der Waals surface area (Å²) in [6.07, 6.45) is -3.73. The maximum atomic E-state index is 12.7. The fourth-order valence-electron chi connectivity index (χ4n) is 1.49. The Morgan fingerprint density at radius 1 is 1.11 bits per heavy atom. The van der Waals surface area contributed by atoms with E-state index in [1.807, 2.05) is 6.07 Å². The largest absolute Gasteiger partial charge is 0.421 e. The van der Waals surface area contributed by atoms with Gasteiger partial charge in [0.1, 0.15) is 11.4 Å². The number of anilines is 3. The van der Waals surface area contributed by atoms with E-state index in [-0.39, 0.29) is 11.8 Å². The molecule has 7 heteroatoms. The molecule has 0 radical (unpaired) electrons. The molecule has 2 aromatic rings. The van der Waals surface area contributed by atoms with E-state index >= 15 is 0 Å². The zero-order chi connectivity index (χ0) is 13.9. The Balaban J connectivity index is 2.30. The van der Waals surface area contributed by atoms with Crippen molar-refractivity contribution in [1.82, 2.24) is 9.97 Å². The summed E-state index contributed by atoms with van der Waals surface area (Å²) < 4.78 is 38.0. The van der Waals surface area contributed by atoms with Gasteiger partial charge in [0.25, 0.3) is 0 Å². The molecule has 1 heterocycles. The Morgan fingerprint density at radius 2 is 1.79 bits per heavy atom. The molecule has 0 spiro atoms.